The normalized spacial score (nSPS) is 10.3. The van der Waals surface area contributed by atoms with E-state index in [2.05, 4.69) is 20.6 Å². The van der Waals surface area contributed by atoms with Gasteiger partial charge in [-0.1, -0.05) is 24.3 Å². The highest BCUT2D eigenvalue weighted by Gasteiger charge is 2.08. The molecule has 1 amide bonds. The summed E-state index contributed by atoms with van der Waals surface area (Å²) < 4.78 is 13.6. The summed E-state index contributed by atoms with van der Waals surface area (Å²) >= 11 is 0. The third-order valence-electron chi connectivity index (χ3n) is 3.60. The molecule has 0 atom stereocenters. The minimum absolute atomic E-state index is 0.243. The number of carbonyl (C=O) groups excluding carboxylic acids is 1. The molecule has 0 aliphatic heterocycles. The van der Waals surface area contributed by atoms with E-state index in [1.807, 2.05) is 18.2 Å². The molecular formula is C19H17FN4O. The molecule has 2 heterocycles. The quantitative estimate of drug-likeness (QED) is 0.726. The van der Waals surface area contributed by atoms with Gasteiger partial charge in [-0.15, -0.1) is 0 Å². The first kappa shape index (κ1) is 16.6. The number of amides is 1. The van der Waals surface area contributed by atoms with Crippen molar-refractivity contribution in [2.75, 3.05) is 5.32 Å². The highest BCUT2D eigenvalue weighted by Crippen LogP contribution is 2.12. The number of aromatic nitrogens is 2. The highest BCUT2D eigenvalue weighted by molar-refractivity contribution is 5.94. The van der Waals surface area contributed by atoms with Gasteiger partial charge in [0.2, 0.25) is 0 Å². The third kappa shape index (κ3) is 4.60. The van der Waals surface area contributed by atoms with Crippen molar-refractivity contribution >= 4 is 11.6 Å². The summed E-state index contributed by atoms with van der Waals surface area (Å²) in [4.78, 5) is 20.4. The van der Waals surface area contributed by atoms with Crippen LogP contribution in [0.25, 0.3) is 0 Å². The van der Waals surface area contributed by atoms with Crippen molar-refractivity contribution in [1.29, 1.82) is 0 Å². The number of nitrogens with zero attached hydrogens (tertiary/aromatic N) is 2. The number of carbonyl (C=O) groups is 1. The predicted octanol–water partition coefficient (Wildman–Crippen LogP) is 3.16. The van der Waals surface area contributed by atoms with Gasteiger partial charge in [-0.25, -0.2) is 4.39 Å². The van der Waals surface area contributed by atoms with Crippen LogP contribution in [0.1, 0.15) is 21.6 Å². The van der Waals surface area contributed by atoms with Crippen molar-refractivity contribution < 1.29 is 9.18 Å². The van der Waals surface area contributed by atoms with Crippen LogP contribution in [0.3, 0.4) is 0 Å². The van der Waals surface area contributed by atoms with E-state index >= 15 is 0 Å². The molecule has 0 unspecified atom stereocenters. The SMILES string of the molecule is O=C(NCc1ccccn1)c1cncc(NCc2ccccc2F)c1. The summed E-state index contributed by atoms with van der Waals surface area (Å²) in [5.41, 5.74) is 2.40. The Hall–Kier alpha value is -3.28. The van der Waals surface area contributed by atoms with E-state index in [4.69, 9.17) is 0 Å². The van der Waals surface area contributed by atoms with Crippen LogP contribution in [0.4, 0.5) is 10.1 Å². The summed E-state index contributed by atoms with van der Waals surface area (Å²) in [7, 11) is 0. The molecule has 3 aromatic rings. The van der Waals surface area contributed by atoms with E-state index in [9.17, 15) is 9.18 Å². The lowest BCUT2D eigenvalue weighted by Gasteiger charge is -2.09. The van der Waals surface area contributed by atoms with Crippen molar-refractivity contribution in [2.45, 2.75) is 13.1 Å². The number of hydrogen-bond donors (Lipinski definition) is 2. The summed E-state index contributed by atoms with van der Waals surface area (Å²) in [5.74, 6) is -0.514. The zero-order valence-corrected chi connectivity index (χ0v) is 13.4. The Morgan fingerprint density at radius 3 is 2.68 bits per heavy atom. The average molecular weight is 336 g/mol. The minimum Gasteiger partial charge on any atom is -0.380 e. The molecule has 3 rings (SSSR count). The topological polar surface area (TPSA) is 66.9 Å². The van der Waals surface area contributed by atoms with Crippen LogP contribution in [0.2, 0.25) is 0 Å². The van der Waals surface area contributed by atoms with E-state index in [1.54, 1.807) is 36.7 Å². The van der Waals surface area contributed by atoms with Crippen molar-refractivity contribution in [3.05, 3.63) is 89.8 Å². The maximum Gasteiger partial charge on any atom is 0.253 e. The van der Waals surface area contributed by atoms with Gasteiger partial charge in [0.05, 0.1) is 23.5 Å². The second kappa shape index (κ2) is 8.01. The van der Waals surface area contributed by atoms with Crippen LogP contribution in [-0.2, 0) is 13.1 Å². The Labute approximate surface area is 145 Å². The maximum atomic E-state index is 13.6. The second-order valence-electron chi connectivity index (χ2n) is 5.41. The number of hydrogen-bond acceptors (Lipinski definition) is 4. The molecule has 0 radical (unpaired) electrons. The summed E-state index contributed by atoms with van der Waals surface area (Å²) in [5, 5.41) is 5.87. The van der Waals surface area contributed by atoms with Crippen molar-refractivity contribution in [3.63, 3.8) is 0 Å². The standard InChI is InChI=1S/C19H17FN4O/c20-18-7-2-1-5-14(18)11-23-17-9-15(10-21-12-17)19(25)24-13-16-6-3-4-8-22-16/h1-10,12,23H,11,13H2,(H,24,25). The van der Waals surface area contributed by atoms with Gasteiger partial charge in [-0.2, -0.15) is 0 Å². The number of nitrogens with one attached hydrogen (secondary N) is 2. The van der Waals surface area contributed by atoms with Crippen molar-refractivity contribution in [3.8, 4) is 0 Å². The van der Waals surface area contributed by atoms with Gasteiger partial charge in [0.15, 0.2) is 0 Å². The zero-order valence-electron chi connectivity index (χ0n) is 13.4. The van der Waals surface area contributed by atoms with Crippen LogP contribution in [0, 0.1) is 5.82 Å². The fourth-order valence-electron chi connectivity index (χ4n) is 2.28. The Morgan fingerprint density at radius 2 is 1.88 bits per heavy atom. The Kier molecular flexibility index (Phi) is 5.31. The van der Waals surface area contributed by atoms with Gasteiger partial charge in [0, 0.05) is 30.7 Å². The van der Waals surface area contributed by atoms with Gasteiger partial charge in [-0.05, 0) is 24.3 Å². The van der Waals surface area contributed by atoms with E-state index in [0.29, 0.717) is 29.9 Å². The van der Waals surface area contributed by atoms with Crippen molar-refractivity contribution in [1.82, 2.24) is 15.3 Å². The zero-order chi connectivity index (χ0) is 17.5. The average Bonchev–Trinajstić information content (AvgIpc) is 2.66. The van der Waals surface area contributed by atoms with E-state index in [-0.39, 0.29) is 11.7 Å². The smallest absolute Gasteiger partial charge is 0.253 e. The Morgan fingerprint density at radius 1 is 1.04 bits per heavy atom. The van der Waals surface area contributed by atoms with Crippen LogP contribution in [-0.4, -0.2) is 15.9 Å². The minimum atomic E-state index is -0.271. The predicted molar refractivity (Wildman–Crippen MR) is 93.4 cm³/mol. The Balaban J connectivity index is 1.61. The van der Waals surface area contributed by atoms with Gasteiger partial charge < -0.3 is 10.6 Å². The van der Waals surface area contributed by atoms with Gasteiger partial charge in [0.1, 0.15) is 5.82 Å². The summed E-state index contributed by atoms with van der Waals surface area (Å²) in [6.45, 7) is 0.653. The maximum absolute atomic E-state index is 13.6. The van der Waals surface area contributed by atoms with Crippen LogP contribution < -0.4 is 10.6 Å². The number of anilines is 1. The lowest BCUT2D eigenvalue weighted by Crippen LogP contribution is -2.23. The third-order valence-corrected chi connectivity index (χ3v) is 3.60. The van der Waals surface area contributed by atoms with Gasteiger partial charge in [-0.3, -0.25) is 14.8 Å². The molecule has 6 heteroatoms. The number of rotatable bonds is 6. The largest absolute Gasteiger partial charge is 0.380 e. The monoisotopic (exact) mass is 336 g/mol. The molecule has 0 aliphatic carbocycles. The first-order valence-corrected chi connectivity index (χ1v) is 7.83. The molecular weight excluding hydrogens is 319 g/mol. The van der Waals surface area contributed by atoms with Gasteiger partial charge in [0.25, 0.3) is 5.91 Å². The lowest BCUT2D eigenvalue weighted by molar-refractivity contribution is 0.0950. The number of halogens is 1. The Bertz CT molecular complexity index is 855. The molecule has 2 N–H and O–H groups in total. The molecule has 1 aromatic carbocycles. The second-order valence-corrected chi connectivity index (χ2v) is 5.41. The number of pyridine rings is 2. The molecule has 126 valence electrons. The molecule has 0 spiro atoms. The highest BCUT2D eigenvalue weighted by atomic mass is 19.1. The van der Waals surface area contributed by atoms with Crippen LogP contribution >= 0.6 is 0 Å². The molecule has 5 nitrogen and oxygen atoms in total. The molecule has 2 aromatic heterocycles. The summed E-state index contributed by atoms with van der Waals surface area (Å²) in [6.07, 6.45) is 4.76. The number of benzene rings is 1. The summed E-state index contributed by atoms with van der Waals surface area (Å²) in [6, 6.07) is 13.7. The molecule has 0 fully saturated rings. The molecule has 0 bridgehead atoms. The van der Waals surface area contributed by atoms with Crippen molar-refractivity contribution in [2.24, 2.45) is 0 Å². The first-order valence-electron chi connectivity index (χ1n) is 7.83. The lowest BCUT2D eigenvalue weighted by atomic mass is 10.2. The van der Waals surface area contributed by atoms with E-state index in [0.717, 1.165) is 5.69 Å². The fourth-order valence-corrected chi connectivity index (χ4v) is 2.28. The molecule has 0 saturated carbocycles. The van der Waals surface area contributed by atoms with E-state index < -0.39 is 0 Å². The van der Waals surface area contributed by atoms with E-state index in [1.165, 1.54) is 12.3 Å². The van der Waals surface area contributed by atoms with Gasteiger partial charge >= 0.3 is 0 Å². The fraction of sp³-hybridized carbons (Fsp3) is 0.105. The molecule has 0 saturated heterocycles. The van der Waals surface area contributed by atoms with Crippen LogP contribution in [0.15, 0.2) is 67.1 Å². The first-order chi connectivity index (χ1) is 12.2. The molecule has 25 heavy (non-hydrogen) atoms. The van der Waals surface area contributed by atoms with Crippen LogP contribution in [0.5, 0.6) is 0 Å². The molecule has 0 aliphatic rings.